The minimum Gasteiger partial charge on any atom is -0.398 e. The highest BCUT2D eigenvalue weighted by atomic mass is 79.9. The first-order valence-corrected chi connectivity index (χ1v) is 42.4. The van der Waals surface area contributed by atoms with E-state index in [0.29, 0.717) is 99.4 Å². The third-order valence-corrected chi connectivity index (χ3v) is 21.1. The van der Waals surface area contributed by atoms with Gasteiger partial charge in [0, 0.05) is 111 Å². The first kappa shape index (κ1) is 105. The van der Waals surface area contributed by atoms with Gasteiger partial charge >= 0.3 is 12.4 Å². The fraction of sp³-hybridized carbons (Fsp3) is 0.371. The zero-order chi connectivity index (χ0) is 88.5. The molecule has 30 heteroatoms. The number of nitrogens with two attached hydrogens (primary N) is 1. The summed E-state index contributed by atoms with van der Waals surface area (Å²) in [7, 11) is 9.54. The van der Waals surface area contributed by atoms with Crippen LogP contribution in [0.25, 0.3) is 0 Å². The molecular formula is C89H108BrCl8F6N9O6. The number of hydrogen-bond acceptors (Lipinski definition) is 15. The zero-order valence-electron chi connectivity index (χ0n) is 68.1. The largest absolute Gasteiger partial charge is 0.416 e. The van der Waals surface area contributed by atoms with Gasteiger partial charge in [-0.15, -0.1) is 23.2 Å². The molecule has 15 nitrogen and oxygen atoms in total. The summed E-state index contributed by atoms with van der Waals surface area (Å²) in [5.74, 6) is 0.865. The fourth-order valence-electron chi connectivity index (χ4n) is 11.6. The van der Waals surface area contributed by atoms with Crippen LogP contribution in [0.4, 0.5) is 43.4 Å². The Morgan fingerprint density at radius 2 is 0.950 bits per heavy atom. The van der Waals surface area contributed by atoms with Crippen molar-refractivity contribution in [2.45, 2.75) is 63.6 Å². The highest BCUT2D eigenvalue weighted by Gasteiger charge is 2.34. The highest BCUT2D eigenvalue weighted by Crippen LogP contribution is 2.40. The Bertz CT molecular complexity index is 4340. The van der Waals surface area contributed by atoms with Gasteiger partial charge in [-0.1, -0.05) is 229 Å². The van der Waals surface area contributed by atoms with E-state index in [-0.39, 0.29) is 48.8 Å². The summed E-state index contributed by atoms with van der Waals surface area (Å²) < 4.78 is 76.6. The van der Waals surface area contributed by atoms with Gasteiger partial charge in [-0.05, 0) is 164 Å². The van der Waals surface area contributed by atoms with Crippen LogP contribution in [0.15, 0.2) is 200 Å². The van der Waals surface area contributed by atoms with Crippen molar-refractivity contribution in [3.63, 3.8) is 0 Å². The summed E-state index contributed by atoms with van der Waals surface area (Å²) >= 11 is 50.8. The van der Waals surface area contributed by atoms with Crippen LogP contribution in [0.1, 0.15) is 99.9 Å². The molecule has 0 amide bonds. The molecule has 2 heterocycles. The van der Waals surface area contributed by atoms with E-state index in [1.807, 2.05) is 144 Å². The van der Waals surface area contributed by atoms with Crippen molar-refractivity contribution >= 4 is 137 Å². The number of Topliss-reactive ketones (excluding diaryl/α,β-unsaturated/α-hetero) is 2. The minimum atomic E-state index is -4.33. The van der Waals surface area contributed by atoms with E-state index in [9.17, 15) is 41.0 Å². The van der Waals surface area contributed by atoms with E-state index in [1.54, 1.807) is 61.6 Å². The second-order valence-electron chi connectivity index (χ2n) is 28.2. The molecule has 2 aliphatic rings. The number of ketones is 2. The van der Waals surface area contributed by atoms with Crippen molar-refractivity contribution < 1.29 is 56.4 Å². The Morgan fingerprint density at radius 3 is 1.35 bits per heavy atom. The normalized spacial score (nSPS) is 14.4. The predicted molar refractivity (Wildman–Crippen MR) is 486 cm³/mol. The lowest BCUT2D eigenvalue weighted by Gasteiger charge is -2.42. The first-order valence-electron chi connectivity index (χ1n) is 38.0. The molecule has 4 unspecified atom stereocenters. The number of halogens is 15. The van der Waals surface area contributed by atoms with Crippen molar-refractivity contribution in [3.05, 3.63) is 297 Å². The van der Waals surface area contributed by atoms with Gasteiger partial charge in [0.1, 0.15) is 0 Å². The van der Waals surface area contributed by atoms with Crippen LogP contribution in [0, 0.1) is 27.7 Å². The number of nitrogens with zero attached hydrogens (tertiary/aromatic N) is 6. The van der Waals surface area contributed by atoms with E-state index in [1.165, 1.54) is 34.4 Å². The summed E-state index contributed by atoms with van der Waals surface area (Å²) in [6.45, 7) is 17.3. The Morgan fingerprint density at radius 1 is 0.538 bits per heavy atom. The molecule has 2 fully saturated rings. The highest BCUT2D eigenvalue weighted by molar-refractivity contribution is 9.09. The number of anilines is 3. The van der Waals surface area contributed by atoms with Crippen molar-refractivity contribution in [2.24, 2.45) is 0 Å². The summed E-state index contributed by atoms with van der Waals surface area (Å²) in [5.41, 5.74) is 16.3. The molecule has 4 atom stereocenters. The maximum absolute atomic E-state index is 12.8. The predicted octanol–water partition coefficient (Wildman–Crippen LogP) is 20.5. The molecule has 11 rings (SSSR count). The maximum Gasteiger partial charge on any atom is 0.416 e. The lowest BCUT2D eigenvalue weighted by molar-refractivity contribution is -0.138. The minimum absolute atomic E-state index is 0.0406. The SMILES string of the molecule is CN1CCN(c2ccc(Cl)cc2Cl)C(c2ccc(C(F)(F)F)cc2)C1.CNCCO.Cc1ccc(C(=O)CBr)cc1.Cc1ccc(C(=O)CN(C)CCO)cc1.Cc1ccc(C(Cl)CN(C)CCCl)cc1.Cc1ccc(C(O)CN(C)CCO)cc1.FC(F)(F)c1ccc(C2CNCCN2c2ccc(Cl)cc2Cl)cc1.Nc1ccc(Cl)cc1Cl. The second-order valence-corrected chi connectivity index (χ2v) is 32.2. The van der Waals surface area contributed by atoms with Crippen molar-refractivity contribution in [2.75, 3.05) is 167 Å². The second kappa shape index (κ2) is 55.0. The van der Waals surface area contributed by atoms with E-state index in [0.717, 1.165) is 102 Å². The van der Waals surface area contributed by atoms with Crippen molar-refractivity contribution in [3.8, 4) is 0 Å². The van der Waals surface area contributed by atoms with E-state index >= 15 is 0 Å². The molecule has 0 saturated carbocycles. The van der Waals surface area contributed by atoms with Crippen LogP contribution in [0.2, 0.25) is 30.1 Å². The van der Waals surface area contributed by atoms with Crippen LogP contribution >= 0.6 is 109 Å². The van der Waals surface area contributed by atoms with Crippen LogP contribution in [0.3, 0.4) is 0 Å². The maximum atomic E-state index is 12.8. The molecule has 9 aromatic carbocycles. The van der Waals surface area contributed by atoms with Gasteiger partial charge in [0.2, 0.25) is 0 Å². The molecule has 0 bridgehead atoms. The van der Waals surface area contributed by atoms with E-state index in [2.05, 4.69) is 77.4 Å². The number of carbonyl (C=O) groups is 2. The number of aliphatic hydroxyl groups excluding tert-OH is 4. The summed E-state index contributed by atoms with van der Waals surface area (Å²) in [5, 5.41) is 45.1. The molecule has 0 aromatic heterocycles. The number of nitrogens with one attached hydrogen (secondary N) is 2. The summed E-state index contributed by atoms with van der Waals surface area (Å²) in [6, 6.07) is 57.3. The average molecular weight is 1880 g/mol. The Balaban J connectivity index is 0.000000296. The monoisotopic (exact) mass is 1870 g/mol. The molecule has 2 aliphatic heterocycles. The number of hydrogen-bond donors (Lipinski definition) is 7. The van der Waals surface area contributed by atoms with Gasteiger partial charge in [0.15, 0.2) is 11.6 Å². The molecular weight excluding hydrogens is 1770 g/mol. The number of likely N-dealkylation sites (N-methyl/N-ethyl adjacent to an activating group) is 5. The van der Waals surface area contributed by atoms with Gasteiger partial charge < -0.3 is 61.3 Å². The van der Waals surface area contributed by atoms with Gasteiger partial charge in [0.05, 0.1) is 98.5 Å². The smallest absolute Gasteiger partial charge is 0.398 e. The van der Waals surface area contributed by atoms with Crippen molar-refractivity contribution in [1.82, 2.24) is 30.2 Å². The van der Waals surface area contributed by atoms with Crippen molar-refractivity contribution in [1.29, 1.82) is 0 Å². The average Bonchev–Trinajstić information content (AvgIpc) is 0.796. The molecule has 9 aromatic rings. The van der Waals surface area contributed by atoms with Crippen LogP contribution in [-0.4, -0.2) is 203 Å². The third kappa shape index (κ3) is 39.0. The lowest BCUT2D eigenvalue weighted by atomic mass is 10.00. The summed E-state index contributed by atoms with van der Waals surface area (Å²) in [4.78, 5) is 35.0. The first-order chi connectivity index (χ1) is 56.4. The molecule has 119 heavy (non-hydrogen) atoms. The number of rotatable bonds is 23. The van der Waals surface area contributed by atoms with Gasteiger partial charge in [-0.2, -0.15) is 26.3 Å². The number of aryl methyl sites for hydroxylation is 4. The molecule has 8 N–H and O–H groups in total. The van der Waals surface area contributed by atoms with Gasteiger partial charge in [0.25, 0.3) is 0 Å². The Hall–Kier alpha value is -6.30. The topological polar surface area (TPSA) is 185 Å². The Labute approximate surface area is 745 Å². The molecule has 0 radical (unpaired) electrons. The van der Waals surface area contributed by atoms with E-state index in [4.69, 9.17) is 114 Å². The van der Waals surface area contributed by atoms with E-state index < -0.39 is 29.6 Å². The quantitative estimate of drug-likeness (QED) is 0.0139. The number of benzene rings is 9. The number of carbonyl (C=O) groups excluding carboxylic acids is 2. The van der Waals surface area contributed by atoms with Crippen LogP contribution in [0.5, 0.6) is 0 Å². The standard InChI is InChI=1S/C18H17Cl2F3N2.C17H15Cl2F3N2.C12H17Cl2N.C12H19NO2.C12H17NO2.C9H9BrO.C6H5Cl2N.C3H9NO/c1-24-8-9-25(16-7-6-14(19)10-15(16)20)17(11-24)12-2-4-13(5-3-12)18(21,22)23;18-13-5-6-15(14(19)9-13)24-8-7-23-10-16(24)11-1-3-12(4-2-11)17(20,21)22;1-10-3-5-11(6-4-10)12(14)9-15(2)8-7-13;2*1-10-3-5-11(6-4-10)12(15)9-13(2)7-8-14;1-7-2-4-8(5-3-7)9(11)6-10;7-4-1-2-6(9)5(8)3-4;1-4-2-3-5/h2-7,10,17H,8-9,11H2,1H3;1-6,9,16,23H,7-8,10H2;3-6,12H,7-9H2,1-2H3;3-6,12,14-15H,7-9H2,1-2H3;3-6,14H,7-9H2,1-2H3;2-5H,6H2,1H3;1-3H,9H2;4-5H,2-3H2,1H3. The molecule has 2 saturated heterocycles. The molecule has 650 valence electrons. The number of aliphatic hydroxyl groups is 4. The lowest BCUT2D eigenvalue weighted by Crippen LogP contribution is -2.47. The third-order valence-electron chi connectivity index (χ3n) is 18.4. The Kier molecular flexibility index (Phi) is 48.6. The van der Waals surface area contributed by atoms with Crippen LogP contribution in [-0.2, 0) is 12.4 Å². The van der Waals surface area contributed by atoms with Gasteiger partial charge in [-0.3, -0.25) is 14.5 Å². The fourth-order valence-corrected chi connectivity index (χ4v) is 14.0. The summed E-state index contributed by atoms with van der Waals surface area (Å²) in [6.07, 6.45) is -9.15. The number of nitrogen functional groups attached to an aromatic ring is 1. The number of piperazine rings is 2. The van der Waals surface area contributed by atoms with Crippen LogP contribution < -0.4 is 26.2 Å². The molecule has 0 aliphatic carbocycles. The van der Waals surface area contributed by atoms with Gasteiger partial charge in [-0.25, -0.2) is 0 Å². The molecule has 0 spiro atoms. The zero-order valence-corrected chi connectivity index (χ0v) is 75.8. The number of alkyl halides is 9.